The molecular weight excluding hydrogens is 408 g/mol. The number of carbonyl (C=O) groups excluding carboxylic acids is 2. The Morgan fingerprint density at radius 3 is 2.66 bits per heavy atom. The van der Waals surface area contributed by atoms with E-state index in [0.29, 0.717) is 12.4 Å². The summed E-state index contributed by atoms with van der Waals surface area (Å²) >= 11 is 0. The minimum Gasteiger partial charge on any atom is -0.354 e. The van der Waals surface area contributed by atoms with Crippen LogP contribution in [-0.2, 0) is 16.1 Å². The number of carbonyl (C=O) groups is 2. The van der Waals surface area contributed by atoms with Gasteiger partial charge in [-0.1, -0.05) is 6.07 Å². The standard InChI is InChI=1S/C23H26N6O3/c1-15-4-5-19(12-16(15)2)28-14-18(13-22(28)31)23(32)25-9-11-29-21(30)7-6-20(26-29)27-10-8-24-17(27)3/h4-8,10,12,18H,9,11,13-14H2,1-3H3,(H,25,32)/t18-/m0/s1. The summed E-state index contributed by atoms with van der Waals surface area (Å²) in [6.45, 7) is 6.69. The van der Waals surface area contributed by atoms with Crippen molar-refractivity contribution >= 4 is 17.5 Å². The zero-order valence-corrected chi connectivity index (χ0v) is 18.4. The van der Waals surface area contributed by atoms with E-state index in [9.17, 15) is 14.4 Å². The van der Waals surface area contributed by atoms with Gasteiger partial charge in [0.15, 0.2) is 5.82 Å². The average molecular weight is 435 g/mol. The van der Waals surface area contributed by atoms with Gasteiger partial charge < -0.3 is 10.2 Å². The summed E-state index contributed by atoms with van der Waals surface area (Å²) in [5.74, 6) is 0.661. The predicted molar refractivity (Wildman–Crippen MR) is 120 cm³/mol. The van der Waals surface area contributed by atoms with E-state index >= 15 is 0 Å². The van der Waals surface area contributed by atoms with Crippen LogP contribution in [0.25, 0.3) is 5.82 Å². The van der Waals surface area contributed by atoms with Gasteiger partial charge in [0.1, 0.15) is 5.82 Å². The molecule has 3 aromatic rings. The van der Waals surface area contributed by atoms with Gasteiger partial charge >= 0.3 is 0 Å². The number of nitrogens with one attached hydrogen (secondary N) is 1. The van der Waals surface area contributed by atoms with Gasteiger partial charge in [0, 0.05) is 43.7 Å². The second-order valence-electron chi connectivity index (χ2n) is 8.06. The lowest BCUT2D eigenvalue weighted by molar-refractivity contribution is -0.126. The molecule has 1 fully saturated rings. The number of imidazole rings is 1. The average Bonchev–Trinajstić information content (AvgIpc) is 3.37. The maximum atomic E-state index is 12.7. The number of nitrogens with zero attached hydrogens (tertiary/aromatic N) is 5. The first kappa shape index (κ1) is 21.5. The highest BCUT2D eigenvalue weighted by Gasteiger charge is 2.35. The van der Waals surface area contributed by atoms with Crippen molar-refractivity contribution in [2.75, 3.05) is 18.0 Å². The van der Waals surface area contributed by atoms with E-state index in [2.05, 4.69) is 15.4 Å². The number of aryl methyl sites for hydroxylation is 3. The summed E-state index contributed by atoms with van der Waals surface area (Å²) in [5.41, 5.74) is 2.83. The van der Waals surface area contributed by atoms with E-state index in [0.717, 1.165) is 22.6 Å². The third-order valence-electron chi connectivity index (χ3n) is 5.85. The van der Waals surface area contributed by atoms with Gasteiger partial charge in [-0.2, -0.15) is 5.10 Å². The number of amides is 2. The Morgan fingerprint density at radius 2 is 1.94 bits per heavy atom. The summed E-state index contributed by atoms with van der Waals surface area (Å²) in [4.78, 5) is 43.1. The number of rotatable bonds is 6. The molecule has 4 rings (SSSR count). The third-order valence-corrected chi connectivity index (χ3v) is 5.85. The molecule has 0 aliphatic carbocycles. The molecule has 2 amide bonds. The van der Waals surface area contributed by atoms with Crippen molar-refractivity contribution in [3.63, 3.8) is 0 Å². The van der Waals surface area contributed by atoms with Crippen LogP contribution in [0.1, 0.15) is 23.4 Å². The molecule has 1 aromatic carbocycles. The van der Waals surface area contributed by atoms with Crippen molar-refractivity contribution < 1.29 is 9.59 Å². The molecule has 0 bridgehead atoms. The molecule has 0 spiro atoms. The Morgan fingerprint density at radius 1 is 1.12 bits per heavy atom. The fourth-order valence-electron chi connectivity index (χ4n) is 3.80. The minimum atomic E-state index is -0.422. The van der Waals surface area contributed by atoms with E-state index in [1.165, 1.54) is 10.7 Å². The molecule has 3 heterocycles. The number of hydrogen-bond acceptors (Lipinski definition) is 5. The monoisotopic (exact) mass is 434 g/mol. The van der Waals surface area contributed by atoms with E-state index in [-0.39, 0.29) is 36.9 Å². The van der Waals surface area contributed by atoms with Crippen molar-refractivity contribution in [3.05, 3.63) is 70.0 Å². The van der Waals surface area contributed by atoms with Gasteiger partial charge in [-0.25, -0.2) is 9.67 Å². The normalized spacial score (nSPS) is 15.9. The van der Waals surface area contributed by atoms with Crippen LogP contribution in [0, 0.1) is 26.7 Å². The lowest BCUT2D eigenvalue weighted by Crippen LogP contribution is -2.36. The molecule has 32 heavy (non-hydrogen) atoms. The van der Waals surface area contributed by atoms with Crippen molar-refractivity contribution in [2.24, 2.45) is 5.92 Å². The number of aromatic nitrogens is 4. The van der Waals surface area contributed by atoms with Gasteiger partial charge in [0.2, 0.25) is 11.8 Å². The highest BCUT2D eigenvalue weighted by molar-refractivity contribution is 6.00. The summed E-state index contributed by atoms with van der Waals surface area (Å²) < 4.78 is 3.09. The molecule has 0 radical (unpaired) electrons. The Balaban J connectivity index is 1.36. The van der Waals surface area contributed by atoms with E-state index in [4.69, 9.17) is 0 Å². The molecule has 9 heteroatoms. The summed E-state index contributed by atoms with van der Waals surface area (Å²) in [7, 11) is 0. The molecule has 1 aliphatic heterocycles. The molecule has 9 nitrogen and oxygen atoms in total. The second-order valence-corrected chi connectivity index (χ2v) is 8.06. The lowest BCUT2D eigenvalue weighted by atomic mass is 10.1. The van der Waals surface area contributed by atoms with E-state index < -0.39 is 5.92 Å². The fraction of sp³-hybridized carbons (Fsp3) is 0.348. The first-order valence-corrected chi connectivity index (χ1v) is 10.6. The summed E-state index contributed by atoms with van der Waals surface area (Å²) in [5, 5.41) is 7.20. The molecule has 1 aliphatic rings. The Bertz CT molecular complexity index is 1230. The first-order chi connectivity index (χ1) is 15.3. The molecule has 0 unspecified atom stereocenters. The number of anilines is 1. The van der Waals surface area contributed by atoms with Crippen LogP contribution in [0.3, 0.4) is 0 Å². The summed E-state index contributed by atoms with van der Waals surface area (Å²) in [6.07, 6.45) is 3.61. The second kappa shape index (κ2) is 8.78. The molecular formula is C23H26N6O3. The summed E-state index contributed by atoms with van der Waals surface area (Å²) in [6, 6.07) is 8.95. The molecule has 166 valence electrons. The molecule has 1 atom stereocenters. The van der Waals surface area contributed by atoms with Crippen molar-refractivity contribution in [3.8, 4) is 5.82 Å². The fourth-order valence-corrected chi connectivity index (χ4v) is 3.80. The van der Waals surface area contributed by atoms with E-state index in [1.807, 2.05) is 39.0 Å². The molecule has 2 aromatic heterocycles. The van der Waals surface area contributed by atoms with E-state index in [1.54, 1.807) is 27.9 Å². The predicted octanol–water partition coefficient (Wildman–Crippen LogP) is 1.52. The van der Waals surface area contributed by atoms with Gasteiger partial charge in [-0.05, 0) is 50.1 Å². The highest BCUT2D eigenvalue weighted by atomic mass is 16.2. The van der Waals surface area contributed by atoms with Crippen LogP contribution in [0.15, 0.2) is 47.5 Å². The minimum absolute atomic E-state index is 0.0605. The van der Waals surface area contributed by atoms with Crippen LogP contribution >= 0.6 is 0 Å². The Kier molecular flexibility index (Phi) is 5.89. The quantitative estimate of drug-likeness (QED) is 0.634. The molecule has 1 N–H and O–H groups in total. The SMILES string of the molecule is Cc1ccc(N2C[C@@H](C(=O)NCCn3nc(-n4ccnc4C)ccc3=O)CC2=O)cc1C. The zero-order chi connectivity index (χ0) is 22.8. The highest BCUT2D eigenvalue weighted by Crippen LogP contribution is 2.26. The smallest absolute Gasteiger partial charge is 0.266 e. The number of benzene rings is 1. The van der Waals surface area contributed by atoms with Crippen molar-refractivity contribution in [2.45, 2.75) is 33.7 Å². The largest absolute Gasteiger partial charge is 0.354 e. The van der Waals surface area contributed by atoms with Crippen LogP contribution in [-0.4, -0.2) is 44.2 Å². The maximum absolute atomic E-state index is 12.7. The lowest BCUT2D eigenvalue weighted by Gasteiger charge is -2.18. The first-order valence-electron chi connectivity index (χ1n) is 10.6. The molecule has 1 saturated heterocycles. The van der Waals surface area contributed by atoms with Crippen molar-refractivity contribution in [1.82, 2.24) is 24.6 Å². The third kappa shape index (κ3) is 4.32. The van der Waals surface area contributed by atoms with Crippen LogP contribution in [0.2, 0.25) is 0 Å². The Labute approximate surface area is 185 Å². The van der Waals surface area contributed by atoms with Crippen LogP contribution in [0.5, 0.6) is 0 Å². The maximum Gasteiger partial charge on any atom is 0.266 e. The van der Waals surface area contributed by atoms with Crippen LogP contribution in [0.4, 0.5) is 5.69 Å². The molecule has 0 saturated carbocycles. The topological polar surface area (TPSA) is 102 Å². The van der Waals surface area contributed by atoms with Gasteiger partial charge in [0.25, 0.3) is 5.56 Å². The van der Waals surface area contributed by atoms with Gasteiger partial charge in [0.05, 0.1) is 12.5 Å². The zero-order valence-electron chi connectivity index (χ0n) is 18.4. The van der Waals surface area contributed by atoms with Crippen LogP contribution < -0.4 is 15.8 Å². The van der Waals surface area contributed by atoms with Crippen molar-refractivity contribution in [1.29, 1.82) is 0 Å². The van der Waals surface area contributed by atoms with Gasteiger partial charge in [-0.3, -0.25) is 19.0 Å². The van der Waals surface area contributed by atoms with Gasteiger partial charge in [-0.15, -0.1) is 0 Å². The number of hydrogen-bond donors (Lipinski definition) is 1. The Hall–Kier alpha value is -3.75.